The molecular formula is C19H32N4O4S. The van der Waals surface area contributed by atoms with E-state index in [1.54, 1.807) is 7.11 Å². The van der Waals surface area contributed by atoms with Crippen molar-refractivity contribution in [2.75, 3.05) is 52.3 Å². The lowest BCUT2D eigenvalue weighted by Gasteiger charge is -2.17. The highest BCUT2D eigenvalue weighted by Crippen LogP contribution is 2.21. The highest BCUT2D eigenvalue weighted by atomic mass is 32.2. The summed E-state index contributed by atoms with van der Waals surface area (Å²) < 4.78 is 36.1. The smallest absolute Gasteiger partial charge is 0.214 e. The summed E-state index contributed by atoms with van der Waals surface area (Å²) in [5, 5.41) is 6.40. The number of ether oxygens (including phenoxy) is 2. The Labute approximate surface area is 168 Å². The van der Waals surface area contributed by atoms with Crippen LogP contribution < -0.4 is 15.4 Å². The number of benzene rings is 1. The summed E-state index contributed by atoms with van der Waals surface area (Å²) in [4.78, 5) is 4.62. The normalized spacial score (nSPS) is 16.9. The molecule has 0 amide bonds. The number of hydrogen-bond donors (Lipinski definition) is 2. The molecule has 9 heteroatoms. The Morgan fingerprint density at radius 2 is 2.11 bits per heavy atom. The second kappa shape index (κ2) is 11.2. The van der Waals surface area contributed by atoms with Crippen LogP contribution >= 0.6 is 0 Å². The van der Waals surface area contributed by atoms with E-state index in [1.165, 1.54) is 4.31 Å². The Hall–Kier alpha value is -1.84. The van der Waals surface area contributed by atoms with Gasteiger partial charge in [-0.3, -0.25) is 0 Å². The van der Waals surface area contributed by atoms with Crippen LogP contribution in [-0.4, -0.2) is 70.9 Å². The molecule has 0 atom stereocenters. The molecule has 0 aromatic heterocycles. The average Bonchev–Trinajstić information content (AvgIpc) is 2.99. The van der Waals surface area contributed by atoms with Gasteiger partial charge >= 0.3 is 0 Å². The van der Waals surface area contributed by atoms with Gasteiger partial charge in [-0.05, 0) is 31.9 Å². The fraction of sp³-hybridized carbons (Fsp3) is 0.632. The molecule has 0 saturated carbocycles. The maximum Gasteiger partial charge on any atom is 0.214 e. The summed E-state index contributed by atoms with van der Waals surface area (Å²) in [5.74, 6) is 1.71. The van der Waals surface area contributed by atoms with E-state index in [0.717, 1.165) is 23.4 Å². The maximum absolute atomic E-state index is 11.9. The highest BCUT2D eigenvalue weighted by molar-refractivity contribution is 7.89. The number of aliphatic imine (C=N–C) groups is 1. The summed E-state index contributed by atoms with van der Waals surface area (Å²) in [6, 6.07) is 6.05. The summed E-state index contributed by atoms with van der Waals surface area (Å²) in [5.41, 5.74) is 2.11. The lowest BCUT2D eigenvalue weighted by molar-refractivity contribution is 0.145. The zero-order chi connectivity index (χ0) is 20.4. The van der Waals surface area contributed by atoms with Gasteiger partial charge in [0.2, 0.25) is 10.0 Å². The molecular weight excluding hydrogens is 380 g/mol. The van der Waals surface area contributed by atoms with Gasteiger partial charge in [-0.1, -0.05) is 12.1 Å². The Balaban J connectivity index is 1.96. The van der Waals surface area contributed by atoms with Crippen molar-refractivity contribution in [2.24, 2.45) is 4.99 Å². The number of sulfonamides is 1. The van der Waals surface area contributed by atoms with E-state index < -0.39 is 10.0 Å². The molecule has 1 aromatic rings. The van der Waals surface area contributed by atoms with Crippen molar-refractivity contribution in [1.82, 2.24) is 14.9 Å². The minimum absolute atomic E-state index is 0.250. The zero-order valence-electron chi connectivity index (χ0n) is 17.0. The van der Waals surface area contributed by atoms with E-state index in [2.05, 4.69) is 15.6 Å². The topological polar surface area (TPSA) is 92.3 Å². The minimum atomic E-state index is -3.07. The van der Waals surface area contributed by atoms with Crippen molar-refractivity contribution < 1.29 is 17.9 Å². The number of hydrogen-bond acceptors (Lipinski definition) is 5. The van der Waals surface area contributed by atoms with Gasteiger partial charge < -0.3 is 20.1 Å². The van der Waals surface area contributed by atoms with Crippen molar-refractivity contribution in [3.05, 3.63) is 29.3 Å². The van der Waals surface area contributed by atoms with Crippen molar-refractivity contribution in [3.63, 3.8) is 0 Å². The Morgan fingerprint density at radius 1 is 1.29 bits per heavy atom. The molecule has 8 nitrogen and oxygen atoms in total. The van der Waals surface area contributed by atoms with Crippen molar-refractivity contribution in [2.45, 2.75) is 26.8 Å². The van der Waals surface area contributed by atoms with Crippen LogP contribution in [0.1, 0.15) is 24.5 Å². The molecule has 2 N–H and O–H groups in total. The Morgan fingerprint density at radius 3 is 2.79 bits per heavy atom. The molecule has 1 aliphatic heterocycles. The largest absolute Gasteiger partial charge is 0.491 e. The van der Waals surface area contributed by atoms with Crippen LogP contribution in [0.2, 0.25) is 0 Å². The third-order valence-corrected chi connectivity index (χ3v) is 6.33. The minimum Gasteiger partial charge on any atom is -0.491 e. The number of nitrogens with one attached hydrogen (secondary N) is 2. The monoisotopic (exact) mass is 412 g/mol. The van der Waals surface area contributed by atoms with E-state index in [0.29, 0.717) is 51.8 Å². The summed E-state index contributed by atoms with van der Waals surface area (Å²) >= 11 is 0. The fourth-order valence-electron chi connectivity index (χ4n) is 2.91. The molecule has 1 saturated heterocycles. The molecule has 0 bridgehead atoms. The molecule has 1 aromatic carbocycles. The lowest BCUT2D eigenvalue weighted by atomic mass is 10.1. The zero-order valence-corrected chi connectivity index (χ0v) is 17.8. The van der Waals surface area contributed by atoms with Gasteiger partial charge in [0.25, 0.3) is 0 Å². The Kier molecular flexibility index (Phi) is 9.01. The van der Waals surface area contributed by atoms with Gasteiger partial charge in [-0.15, -0.1) is 0 Å². The first kappa shape index (κ1) is 22.4. The number of rotatable bonds is 10. The van der Waals surface area contributed by atoms with Gasteiger partial charge in [0, 0.05) is 38.9 Å². The quantitative estimate of drug-likeness (QED) is 0.340. The highest BCUT2D eigenvalue weighted by Gasteiger charge is 2.27. The van der Waals surface area contributed by atoms with Crippen LogP contribution in [0.4, 0.5) is 0 Å². The number of nitrogens with zero attached hydrogens (tertiary/aromatic N) is 2. The SMILES string of the molecule is CCNC(=NCc1ccc(C)cc1OCCOC)NCCN1CCCS1(=O)=O. The average molecular weight is 413 g/mol. The lowest BCUT2D eigenvalue weighted by Crippen LogP contribution is -2.42. The summed E-state index contributed by atoms with van der Waals surface area (Å²) in [6.45, 7) is 7.77. The maximum atomic E-state index is 11.9. The van der Waals surface area contributed by atoms with Gasteiger partial charge in [-0.2, -0.15) is 0 Å². The van der Waals surface area contributed by atoms with Gasteiger partial charge in [-0.25, -0.2) is 17.7 Å². The molecule has 0 unspecified atom stereocenters. The fourth-order valence-corrected chi connectivity index (χ4v) is 4.44. The molecule has 1 aliphatic rings. The molecule has 1 fully saturated rings. The van der Waals surface area contributed by atoms with Crippen LogP contribution in [0.15, 0.2) is 23.2 Å². The summed E-state index contributed by atoms with van der Waals surface area (Å²) in [6.07, 6.45) is 0.704. The molecule has 0 spiro atoms. The van der Waals surface area contributed by atoms with E-state index in [1.807, 2.05) is 32.0 Å². The van der Waals surface area contributed by atoms with Crippen LogP contribution in [0.5, 0.6) is 5.75 Å². The molecule has 0 aliphatic carbocycles. The second-order valence-corrected chi connectivity index (χ2v) is 8.73. The number of methoxy groups -OCH3 is 1. The van der Waals surface area contributed by atoms with Gasteiger partial charge in [0.15, 0.2) is 5.96 Å². The molecule has 158 valence electrons. The molecule has 1 heterocycles. The van der Waals surface area contributed by atoms with Gasteiger partial charge in [0.1, 0.15) is 12.4 Å². The van der Waals surface area contributed by atoms with Crippen molar-refractivity contribution in [3.8, 4) is 5.75 Å². The van der Waals surface area contributed by atoms with E-state index in [9.17, 15) is 8.42 Å². The van der Waals surface area contributed by atoms with Crippen LogP contribution in [0.25, 0.3) is 0 Å². The number of guanidine groups is 1. The second-order valence-electron chi connectivity index (χ2n) is 6.64. The predicted octanol–water partition coefficient (Wildman–Crippen LogP) is 1.11. The molecule has 2 rings (SSSR count). The van der Waals surface area contributed by atoms with Crippen LogP contribution in [-0.2, 0) is 21.3 Å². The van der Waals surface area contributed by atoms with E-state index in [4.69, 9.17) is 9.47 Å². The predicted molar refractivity (Wildman–Crippen MR) is 111 cm³/mol. The van der Waals surface area contributed by atoms with Crippen LogP contribution in [0.3, 0.4) is 0 Å². The molecule has 28 heavy (non-hydrogen) atoms. The van der Waals surface area contributed by atoms with Gasteiger partial charge in [0.05, 0.1) is 18.9 Å². The third-order valence-electron chi connectivity index (χ3n) is 4.38. The van der Waals surface area contributed by atoms with E-state index in [-0.39, 0.29) is 5.75 Å². The number of aryl methyl sites for hydroxylation is 1. The Bertz CT molecular complexity index is 752. The van der Waals surface area contributed by atoms with Crippen molar-refractivity contribution >= 4 is 16.0 Å². The molecule has 0 radical (unpaired) electrons. The van der Waals surface area contributed by atoms with Crippen LogP contribution in [0, 0.1) is 6.92 Å². The first-order valence-electron chi connectivity index (χ1n) is 9.67. The van der Waals surface area contributed by atoms with Crippen molar-refractivity contribution in [1.29, 1.82) is 0 Å². The third kappa shape index (κ3) is 6.96. The summed E-state index contributed by atoms with van der Waals surface area (Å²) in [7, 11) is -1.42. The van der Waals surface area contributed by atoms with E-state index >= 15 is 0 Å². The standard InChI is InChI=1S/C19H32N4O4S/c1-4-20-19(21-8-10-23-9-5-13-28(23,24)25)22-15-17-7-6-16(2)14-18(17)27-12-11-26-3/h6-7,14H,4-5,8-13,15H2,1-3H3,(H2,20,21,22). The first-order chi connectivity index (χ1) is 13.5. The first-order valence-corrected chi connectivity index (χ1v) is 11.3.